The summed E-state index contributed by atoms with van der Waals surface area (Å²) in [5.41, 5.74) is 0. The summed E-state index contributed by atoms with van der Waals surface area (Å²) in [6.07, 6.45) is -6.74. The molecule has 98 valence electrons. The normalized spacial score (nSPS) is 45.6. The maximum Gasteiger partial charge on any atom is 0.308 e. The van der Waals surface area contributed by atoms with Crippen LogP contribution in [-0.4, -0.2) is 70.0 Å². The van der Waals surface area contributed by atoms with Gasteiger partial charge in [0.05, 0.1) is 13.0 Å². The summed E-state index contributed by atoms with van der Waals surface area (Å²) < 4.78 is 15.3. The van der Waals surface area contributed by atoms with Crippen LogP contribution in [0.15, 0.2) is 0 Å². The lowest BCUT2D eigenvalue weighted by atomic mass is 10.0. The van der Waals surface area contributed by atoms with Crippen molar-refractivity contribution in [3.05, 3.63) is 0 Å². The first-order chi connectivity index (χ1) is 8.02. The first-order valence-electron chi connectivity index (χ1n) is 5.18. The Morgan fingerprint density at radius 3 is 2.41 bits per heavy atom. The van der Waals surface area contributed by atoms with E-state index in [-0.39, 0.29) is 0 Å². The third-order valence-corrected chi connectivity index (χ3v) is 2.77. The summed E-state index contributed by atoms with van der Waals surface area (Å²) in [5, 5.41) is 36.6. The minimum Gasteiger partial charge on any atom is -0.481 e. The Bertz CT molecular complexity index is 295. The van der Waals surface area contributed by atoms with Crippen molar-refractivity contribution in [2.24, 2.45) is 0 Å². The molecule has 2 rings (SSSR count). The number of hydrogen-bond acceptors (Lipinski definition) is 7. The molecule has 2 aliphatic rings. The van der Waals surface area contributed by atoms with E-state index in [0.29, 0.717) is 0 Å². The molecule has 17 heavy (non-hydrogen) atoms. The topological polar surface area (TPSA) is 126 Å². The van der Waals surface area contributed by atoms with Crippen molar-refractivity contribution in [3.63, 3.8) is 0 Å². The van der Waals surface area contributed by atoms with Crippen molar-refractivity contribution in [1.29, 1.82) is 0 Å². The standard InChI is InChI=1S/C9H14O8/c10-2-3-7-8(6(13)9(14)17-7)16-5(15-3)1-4(11)12/h3,5-10,13-14H,1-2H2,(H,11,12). The number of carboxylic acid groups (broad SMARTS) is 1. The number of fused-ring (bicyclic) bond motifs is 1. The van der Waals surface area contributed by atoms with Gasteiger partial charge in [0, 0.05) is 0 Å². The lowest BCUT2D eigenvalue weighted by Gasteiger charge is -2.36. The SMILES string of the molecule is O=C(O)CC1OC(CO)C2OC(O)C(O)C2O1. The van der Waals surface area contributed by atoms with Gasteiger partial charge in [0.15, 0.2) is 12.6 Å². The third kappa shape index (κ3) is 2.41. The van der Waals surface area contributed by atoms with E-state index in [1.54, 1.807) is 0 Å². The molecule has 0 aliphatic carbocycles. The van der Waals surface area contributed by atoms with Crippen molar-refractivity contribution in [2.45, 2.75) is 43.4 Å². The van der Waals surface area contributed by atoms with Crippen LogP contribution in [0.25, 0.3) is 0 Å². The Hall–Kier alpha value is -0.770. The second-order valence-electron chi connectivity index (χ2n) is 3.97. The number of aliphatic carboxylic acids is 1. The Labute approximate surface area is 96.3 Å². The minimum absolute atomic E-state index is 0.414. The van der Waals surface area contributed by atoms with E-state index in [4.69, 9.17) is 24.4 Å². The van der Waals surface area contributed by atoms with E-state index < -0.39 is 56.0 Å². The first-order valence-corrected chi connectivity index (χ1v) is 5.18. The summed E-state index contributed by atoms with van der Waals surface area (Å²) in [6.45, 7) is -0.417. The van der Waals surface area contributed by atoms with Crippen molar-refractivity contribution >= 4 is 5.97 Å². The molecule has 0 saturated carbocycles. The van der Waals surface area contributed by atoms with Crippen LogP contribution in [0.3, 0.4) is 0 Å². The fourth-order valence-corrected chi connectivity index (χ4v) is 2.00. The van der Waals surface area contributed by atoms with Crippen LogP contribution in [0.5, 0.6) is 0 Å². The number of aliphatic hydroxyl groups excluding tert-OH is 3. The molecule has 0 bridgehead atoms. The van der Waals surface area contributed by atoms with Crippen LogP contribution in [-0.2, 0) is 19.0 Å². The van der Waals surface area contributed by atoms with E-state index in [0.717, 1.165) is 0 Å². The first kappa shape index (κ1) is 12.7. The van der Waals surface area contributed by atoms with Crippen LogP contribution < -0.4 is 0 Å². The van der Waals surface area contributed by atoms with Crippen LogP contribution in [0.4, 0.5) is 0 Å². The van der Waals surface area contributed by atoms with E-state index in [9.17, 15) is 15.0 Å². The molecule has 2 fully saturated rings. The largest absolute Gasteiger partial charge is 0.481 e. The van der Waals surface area contributed by atoms with Gasteiger partial charge in [0.1, 0.15) is 24.4 Å². The molecule has 0 amide bonds. The predicted octanol–water partition coefficient (Wildman–Crippen LogP) is -2.36. The highest BCUT2D eigenvalue weighted by Crippen LogP contribution is 2.32. The number of hydrogen-bond donors (Lipinski definition) is 4. The third-order valence-electron chi connectivity index (χ3n) is 2.77. The van der Waals surface area contributed by atoms with E-state index in [2.05, 4.69) is 0 Å². The highest BCUT2D eigenvalue weighted by Gasteiger charge is 2.52. The molecule has 2 saturated heterocycles. The molecule has 0 aromatic rings. The van der Waals surface area contributed by atoms with Gasteiger partial charge < -0.3 is 34.6 Å². The Balaban J connectivity index is 2.08. The summed E-state index contributed by atoms with van der Waals surface area (Å²) in [6, 6.07) is 0. The molecular formula is C9H14O8. The van der Waals surface area contributed by atoms with Gasteiger partial charge in [-0.1, -0.05) is 0 Å². The molecule has 0 aromatic carbocycles. The van der Waals surface area contributed by atoms with Gasteiger partial charge in [-0.25, -0.2) is 0 Å². The van der Waals surface area contributed by atoms with Gasteiger partial charge in [-0.05, 0) is 0 Å². The highest BCUT2D eigenvalue weighted by molar-refractivity contribution is 5.67. The van der Waals surface area contributed by atoms with Gasteiger partial charge in [-0.2, -0.15) is 0 Å². The van der Waals surface area contributed by atoms with Gasteiger partial charge in [0.25, 0.3) is 0 Å². The fourth-order valence-electron chi connectivity index (χ4n) is 2.00. The summed E-state index contributed by atoms with van der Waals surface area (Å²) in [7, 11) is 0. The van der Waals surface area contributed by atoms with Crippen LogP contribution >= 0.6 is 0 Å². The zero-order valence-electron chi connectivity index (χ0n) is 8.80. The maximum absolute atomic E-state index is 10.5. The predicted molar refractivity (Wildman–Crippen MR) is 49.8 cm³/mol. The molecule has 0 spiro atoms. The van der Waals surface area contributed by atoms with Crippen molar-refractivity contribution in [2.75, 3.05) is 6.61 Å². The Morgan fingerprint density at radius 1 is 1.12 bits per heavy atom. The van der Waals surface area contributed by atoms with E-state index in [1.165, 1.54) is 0 Å². The molecule has 0 radical (unpaired) electrons. The number of rotatable bonds is 3. The Morgan fingerprint density at radius 2 is 1.82 bits per heavy atom. The van der Waals surface area contributed by atoms with Crippen molar-refractivity contribution < 1.29 is 39.4 Å². The number of carbonyl (C=O) groups is 1. The molecule has 6 unspecified atom stereocenters. The fraction of sp³-hybridized carbons (Fsp3) is 0.889. The Kier molecular flexibility index (Phi) is 3.61. The molecule has 2 heterocycles. The average Bonchev–Trinajstić information content (AvgIpc) is 2.54. The highest BCUT2D eigenvalue weighted by atomic mass is 16.7. The molecule has 4 N–H and O–H groups in total. The van der Waals surface area contributed by atoms with E-state index in [1.807, 2.05) is 0 Å². The molecular weight excluding hydrogens is 236 g/mol. The second-order valence-corrected chi connectivity index (χ2v) is 3.97. The number of aliphatic hydroxyl groups is 3. The zero-order chi connectivity index (χ0) is 12.6. The molecule has 8 heteroatoms. The lowest BCUT2D eigenvalue weighted by Crippen LogP contribution is -2.52. The van der Waals surface area contributed by atoms with Gasteiger partial charge >= 0.3 is 5.97 Å². The van der Waals surface area contributed by atoms with Gasteiger partial charge in [-0.3, -0.25) is 4.79 Å². The summed E-state index contributed by atoms with van der Waals surface area (Å²) >= 11 is 0. The van der Waals surface area contributed by atoms with Crippen LogP contribution in [0.2, 0.25) is 0 Å². The van der Waals surface area contributed by atoms with Crippen molar-refractivity contribution in [1.82, 2.24) is 0 Å². The molecule has 8 nitrogen and oxygen atoms in total. The summed E-state index contributed by atoms with van der Waals surface area (Å²) in [4.78, 5) is 10.5. The smallest absolute Gasteiger partial charge is 0.308 e. The minimum atomic E-state index is -1.42. The average molecular weight is 250 g/mol. The second kappa shape index (κ2) is 4.84. The molecule has 2 aliphatic heterocycles. The lowest BCUT2D eigenvalue weighted by molar-refractivity contribution is -0.286. The number of ether oxygens (including phenoxy) is 3. The summed E-state index contributed by atoms with van der Waals surface area (Å²) in [5.74, 6) is -1.13. The van der Waals surface area contributed by atoms with E-state index >= 15 is 0 Å². The quantitative estimate of drug-likeness (QED) is 0.438. The van der Waals surface area contributed by atoms with Crippen LogP contribution in [0.1, 0.15) is 6.42 Å². The van der Waals surface area contributed by atoms with Gasteiger partial charge in [-0.15, -0.1) is 0 Å². The van der Waals surface area contributed by atoms with Crippen LogP contribution in [0, 0.1) is 0 Å². The zero-order valence-corrected chi connectivity index (χ0v) is 8.80. The maximum atomic E-state index is 10.5. The molecule has 0 aromatic heterocycles. The number of carboxylic acids is 1. The monoisotopic (exact) mass is 250 g/mol. The van der Waals surface area contributed by atoms with Gasteiger partial charge in [0.2, 0.25) is 0 Å². The van der Waals surface area contributed by atoms with Crippen molar-refractivity contribution in [3.8, 4) is 0 Å². The molecule has 6 atom stereocenters.